The minimum absolute atomic E-state index is 0.0219. The van der Waals surface area contributed by atoms with Gasteiger partial charge in [0.05, 0.1) is 54.9 Å². The molecule has 1 aromatic carbocycles. The number of benzene rings is 1. The molecule has 2 aliphatic heterocycles. The predicted molar refractivity (Wildman–Crippen MR) is 160 cm³/mol. The van der Waals surface area contributed by atoms with Crippen molar-refractivity contribution in [2.75, 3.05) is 19.8 Å². The van der Waals surface area contributed by atoms with Gasteiger partial charge in [0.1, 0.15) is 18.0 Å². The second-order valence-electron chi connectivity index (χ2n) is 12.3. The molecule has 0 unspecified atom stereocenters. The highest BCUT2D eigenvalue weighted by molar-refractivity contribution is 5.94. The summed E-state index contributed by atoms with van der Waals surface area (Å²) in [7, 11) is 0. The van der Waals surface area contributed by atoms with Gasteiger partial charge in [-0.25, -0.2) is 14.2 Å². The van der Waals surface area contributed by atoms with E-state index >= 15 is 4.39 Å². The first-order valence-corrected chi connectivity index (χ1v) is 15.2. The van der Waals surface area contributed by atoms with Gasteiger partial charge in [0.15, 0.2) is 5.60 Å². The van der Waals surface area contributed by atoms with E-state index in [0.29, 0.717) is 51.8 Å². The van der Waals surface area contributed by atoms with E-state index in [1.165, 1.54) is 10.6 Å². The molecule has 0 fully saturated rings. The van der Waals surface area contributed by atoms with Crippen LogP contribution in [0.2, 0.25) is 0 Å². The van der Waals surface area contributed by atoms with E-state index < -0.39 is 66.2 Å². The van der Waals surface area contributed by atoms with Crippen molar-refractivity contribution in [3.05, 3.63) is 61.7 Å². The number of hydrogen-bond acceptors (Lipinski definition) is 10. The third-order valence-corrected chi connectivity index (χ3v) is 9.60. The number of aromatic nitrogens is 2. The molecule has 13 nitrogen and oxygen atoms in total. The van der Waals surface area contributed by atoms with E-state index in [4.69, 9.17) is 9.72 Å². The lowest BCUT2D eigenvalue weighted by atomic mass is 9.81. The maximum absolute atomic E-state index is 15.1. The molecule has 6 rings (SSSR count). The van der Waals surface area contributed by atoms with Gasteiger partial charge in [-0.2, -0.15) is 0 Å². The number of carbonyl (C=O) groups excluding carboxylic acids is 3. The largest absolute Gasteiger partial charge is 0.458 e. The molecule has 4 heterocycles. The fourth-order valence-corrected chi connectivity index (χ4v) is 6.82. The molecule has 244 valence electrons. The number of aliphatic hydroxyl groups is 4. The molecule has 2 aromatic heterocycles. The first-order valence-electron chi connectivity index (χ1n) is 15.2. The number of halogens is 1. The van der Waals surface area contributed by atoms with Crippen LogP contribution in [0.25, 0.3) is 22.3 Å². The number of cyclic esters (lactones) is 1. The molecule has 0 saturated carbocycles. The monoisotopic (exact) mass is 638 g/mol. The summed E-state index contributed by atoms with van der Waals surface area (Å²) in [5, 5.41) is 45.7. The molecule has 3 aromatic rings. The molecule has 2 atom stereocenters. The van der Waals surface area contributed by atoms with Crippen LogP contribution in [-0.4, -0.2) is 73.1 Å². The Morgan fingerprint density at radius 2 is 1.80 bits per heavy atom. The summed E-state index contributed by atoms with van der Waals surface area (Å²) in [6, 6.07) is 2.32. The van der Waals surface area contributed by atoms with Crippen LogP contribution in [0.15, 0.2) is 16.9 Å². The number of pyridine rings is 2. The lowest BCUT2D eigenvalue weighted by molar-refractivity contribution is -0.172. The standard InChI is InChI=1S/C32H35FN4O9/c1-3-32(45)19-8-23-28-17(10-37(23)29(43)18(19)11-46-30(32)44)27-21(5-4-16-15(2)20(33)9-22(35-28)26(16)27)34-24(41)6-7-25(42)36-31(12-38,13-39)14-40/h8-9,21,38-40,45H,3-7,10-14H2,1-2H3,(H,34,41)(H,36,42)/t21-,32-/m0/s1. The molecular weight excluding hydrogens is 603 g/mol. The minimum Gasteiger partial charge on any atom is -0.458 e. The van der Waals surface area contributed by atoms with Crippen LogP contribution in [0.4, 0.5) is 4.39 Å². The average Bonchev–Trinajstić information content (AvgIpc) is 3.42. The van der Waals surface area contributed by atoms with Crippen LogP contribution in [0, 0.1) is 12.7 Å². The number of esters is 1. The molecular formula is C32H35FN4O9. The quantitative estimate of drug-likeness (QED) is 0.138. The Bertz CT molecular complexity index is 1860. The number of carbonyl (C=O) groups is 3. The zero-order valence-electron chi connectivity index (χ0n) is 25.4. The molecule has 1 aliphatic carbocycles. The Morgan fingerprint density at radius 3 is 2.48 bits per heavy atom. The van der Waals surface area contributed by atoms with E-state index in [9.17, 15) is 39.6 Å². The van der Waals surface area contributed by atoms with Crippen LogP contribution in [0.1, 0.15) is 72.0 Å². The van der Waals surface area contributed by atoms with Gasteiger partial charge in [-0.1, -0.05) is 6.92 Å². The zero-order valence-corrected chi connectivity index (χ0v) is 25.4. The van der Waals surface area contributed by atoms with Crippen molar-refractivity contribution in [3.8, 4) is 11.4 Å². The number of fused-ring (bicyclic) bond motifs is 5. The second-order valence-corrected chi connectivity index (χ2v) is 12.3. The summed E-state index contributed by atoms with van der Waals surface area (Å²) in [4.78, 5) is 56.8. The molecule has 6 N–H and O–H groups in total. The molecule has 0 bridgehead atoms. The Labute approximate surface area is 262 Å². The Kier molecular flexibility index (Phi) is 7.95. The third-order valence-electron chi connectivity index (χ3n) is 9.60. The average molecular weight is 639 g/mol. The summed E-state index contributed by atoms with van der Waals surface area (Å²) in [6.45, 7) is 1.000. The summed E-state index contributed by atoms with van der Waals surface area (Å²) in [6.07, 6.45) is 0.311. The number of hydrogen-bond donors (Lipinski definition) is 6. The normalized spacial score (nSPS) is 19.7. The van der Waals surface area contributed by atoms with Crippen LogP contribution < -0.4 is 16.2 Å². The van der Waals surface area contributed by atoms with E-state index in [-0.39, 0.29) is 43.5 Å². The molecule has 0 saturated heterocycles. The van der Waals surface area contributed by atoms with E-state index in [1.54, 1.807) is 19.9 Å². The van der Waals surface area contributed by atoms with Crippen LogP contribution in [0.3, 0.4) is 0 Å². The van der Waals surface area contributed by atoms with E-state index in [0.717, 1.165) is 5.56 Å². The topological polar surface area (TPSA) is 200 Å². The number of rotatable bonds is 9. The maximum Gasteiger partial charge on any atom is 0.343 e. The number of ether oxygens (including phenoxy) is 1. The summed E-state index contributed by atoms with van der Waals surface area (Å²) in [5.74, 6) is -2.40. The Balaban J connectivity index is 1.39. The number of nitrogens with zero attached hydrogens (tertiary/aromatic N) is 2. The highest BCUT2D eigenvalue weighted by atomic mass is 19.1. The number of amides is 2. The molecule has 0 radical (unpaired) electrons. The van der Waals surface area contributed by atoms with Crippen molar-refractivity contribution in [2.24, 2.45) is 0 Å². The summed E-state index contributed by atoms with van der Waals surface area (Å²) in [5.41, 5.74) is -0.155. The highest BCUT2D eigenvalue weighted by Crippen LogP contribution is 2.46. The number of aliphatic hydroxyl groups excluding tert-OH is 3. The molecule has 3 aliphatic rings. The van der Waals surface area contributed by atoms with Gasteiger partial charge >= 0.3 is 5.97 Å². The van der Waals surface area contributed by atoms with Gasteiger partial charge in [0.25, 0.3) is 5.56 Å². The fourth-order valence-electron chi connectivity index (χ4n) is 6.82. The highest BCUT2D eigenvalue weighted by Gasteiger charge is 2.46. The van der Waals surface area contributed by atoms with Gasteiger partial charge < -0.3 is 40.4 Å². The van der Waals surface area contributed by atoms with Crippen molar-refractivity contribution >= 4 is 28.7 Å². The van der Waals surface area contributed by atoms with Crippen molar-refractivity contribution < 1.29 is 43.9 Å². The minimum atomic E-state index is -2.01. The second kappa shape index (κ2) is 11.5. The third kappa shape index (κ3) is 4.78. The zero-order chi connectivity index (χ0) is 33.1. The van der Waals surface area contributed by atoms with E-state index in [1.807, 2.05) is 0 Å². The first-order chi connectivity index (χ1) is 21.9. The van der Waals surface area contributed by atoms with Crippen molar-refractivity contribution in [2.45, 2.75) is 76.3 Å². The lowest BCUT2D eigenvalue weighted by Gasteiger charge is -2.31. The van der Waals surface area contributed by atoms with Crippen molar-refractivity contribution in [1.82, 2.24) is 20.2 Å². The smallest absolute Gasteiger partial charge is 0.343 e. The first kappa shape index (κ1) is 31.7. The number of nitrogens with one attached hydrogen (secondary N) is 2. The maximum atomic E-state index is 15.1. The van der Waals surface area contributed by atoms with Gasteiger partial charge in [-0.3, -0.25) is 14.4 Å². The van der Waals surface area contributed by atoms with Crippen LogP contribution >= 0.6 is 0 Å². The van der Waals surface area contributed by atoms with Crippen LogP contribution in [-0.2, 0) is 44.3 Å². The van der Waals surface area contributed by atoms with Gasteiger partial charge in [-0.15, -0.1) is 0 Å². The van der Waals surface area contributed by atoms with Crippen molar-refractivity contribution in [3.63, 3.8) is 0 Å². The van der Waals surface area contributed by atoms with Crippen LogP contribution in [0.5, 0.6) is 0 Å². The summed E-state index contributed by atoms with van der Waals surface area (Å²) < 4.78 is 21.8. The van der Waals surface area contributed by atoms with E-state index in [2.05, 4.69) is 10.6 Å². The lowest BCUT2D eigenvalue weighted by Crippen LogP contribution is -2.57. The fraction of sp³-hybridized carbons (Fsp3) is 0.469. The Morgan fingerprint density at radius 1 is 1.11 bits per heavy atom. The molecule has 0 spiro atoms. The SMILES string of the molecule is CC[C@@]1(O)C(=O)OCc2c1cc1n(c2=O)Cc2c-1nc1cc(F)c(C)c3c1c2[C@@H](NC(=O)CCC(=O)NC(CO)(CO)CO)CC3. The Hall–Kier alpha value is -4.24. The van der Waals surface area contributed by atoms with Gasteiger partial charge in [0, 0.05) is 35.4 Å². The predicted octanol–water partition coefficient (Wildman–Crippen LogP) is 0.243. The molecule has 2 amide bonds. The van der Waals surface area contributed by atoms with Gasteiger partial charge in [-0.05, 0) is 48.9 Å². The molecule has 46 heavy (non-hydrogen) atoms. The van der Waals surface area contributed by atoms with Crippen molar-refractivity contribution in [1.29, 1.82) is 0 Å². The number of aryl methyl sites for hydroxylation is 1. The van der Waals surface area contributed by atoms with Gasteiger partial charge in [0.2, 0.25) is 11.8 Å². The summed E-state index contributed by atoms with van der Waals surface area (Å²) >= 11 is 0. The molecule has 14 heteroatoms.